The molecular weight excluding hydrogens is 248 g/mol. The molecule has 3 heteroatoms. The molecule has 0 aliphatic carbocycles. The van der Waals surface area contributed by atoms with E-state index in [1.165, 1.54) is 0 Å². The highest BCUT2D eigenvalue weighted by Gasteiger charge is 2.14. The van der Waals surface area contributed by atoms with Gasteiger partial charge < -0.3 is 10.6 Å². The lowest BCUT2D eigenvalue weighted by molar-refractivity contribution is 0.0775. The van der Waals surface area contributed by atoms with Crippen molar-refractivity contribution in [1.29, 1.82) is 0 Å². The molecule has 0 fully saturated rings. The number of aryl methyl sites for hydroxylation is 1. The van der Waals surface area contributed by atoms with Crippen molar-refractivity contribution in [2.75, 3.05) is 20.1 Å². The number of nitrogens with two attached hydrogens (primary N) is 1. The van der Waals surface area contributed by atoms with Crippen molar-refractivity contribution in [2.24, 2.45) is 11.7 Å². The summed E-state index contributed by atoms with van der Waals surface area (Å²) in [6.07, 6.45) is 1.07. The number of rotatable bonds is 4. The highest BCUT2D eigenvalue weighted by Crippen LogP contribution is 2.13. The number of hydrogen-bond donors (Lipinski definition) is 1. The summed E-state index contributed by atoms with van der Waals surface area (Å²) in [4.78, 5) is 14.2. The van der Waals surface area contributed by atoms with Crippen molar-refractivity contribution in [1.82, 2.24) is 4.90 Å². The Morgan fingerprint density at radius 2 is 2.15 bits per heavy atom. The standard InChI is InChI=1S/C17H24N2O/c1-5-13(2)12-19(4)17(20)16-9-8-14(3)15(11-16)7-6-10-18/h8-9,11,13H,5,10,12,18H2,1-4H3. The minimum Gasteiger partial charge on any atom is -0.341 e. The molecule has 1 aromatic carbocycles. The third-order valence-electron chi connectivity index (χ3n) is 3.44. The van der Waals surface area contributed by atoms with Gasteiger partial charge in [0.15, 0.2) is 0 Å². The zero-order valence-electron chi connectivity index (χ0n) is 12.9. The van der Waals surface area contributed by atoms with E-state index in [1.807, 2.05) is 32.2 Å². The Morgan fingerprint density at radius 3 is 2.75 bits per heavy atom. The van der Waals surface area contributed by atoms with Crippen molar-refractivity contribution in [3.05, 3.63) is 34.9 Å². The lowest BCUT2D eigenvalue weighted by Gasteiger charge is -2.21. The predicted octanol–water partition coefficient (Wildman–Crippen LogP) is 2.42. The van der Waals surface area contributed by atoms with E-state index in [1.54, 1.807) is 4.90 Å². The molecule has 0 heterocycles. The maximum atomic E-state index is 12.4. The molecule has 0 saturated heterocycles. The third-order valence-corrected chi connectivity index (χ3v) is 3.44. The van der Waals surface area contributed by atoms with Crippen molar-refractivity contribution in [3.8, 4) is 11.8 Å². The molecular formula is C17H24N2O. The summed E-state index contributed by atoms with van der Waals surface area (Å²) >= 11 is 0. The number of carbonyl (C=O) groups excluding carboxylic acids is 1. The SMILES string of the molecule is CCC(C)CN(C)C(=O)c1ccc(C)c(C#CCN)c1. The molecule has 0 aliphatic heterocycles. The van der Waals surface area contributed by atoms with Crippen molar-refractivity contribution in [3.63, 3.8) is 0 Å². The molecule has 0 saturated carbocycles. The van der Waals surface area contributed by atoms with Gasteiger partial charge in [-0.05, 0) is 30.5 Å². The van der Waals surface area contributed by atoms with Crippen LogP contribution in [0, 0.1) is 24.7 Å². The summed E-state index contributed by atoms with van der Waals surface area (Å²) in [7, 11) is 1.85. The second-order valence-electron chi connectivity index (χ2n) is 5.23. The van der Waals surface area contributed by atoms with Gasteiger partial charge in [-0.15, -0.1) is 0 Å². The fraction of sp³-hybridized carbons (Fsp3) is 0.471. The molecule has 1 unspecified atom stereocenters. The summed E-state index contributed by atoms with van der Waals surface area (Å²) in [5.41, 5.74) is 8.01. The van der Waals surface area contributed by atoms with Crippen LogP contribution in [-0.4, -0.2) is 30.9 Å². The first-order chi connectivity index (χ1) is 9.49. The van der Waals surface area contributed by atoms with E-state index in [4.69, 9.17) is 5.73 Å². The van der Waals surface area contributed by atoms with E-state index < -0.39 is 0 Å². The minimum absolute atomic E-state index is 0.0427. The van der Waals surface area contributed by atoms with Gasteiger partial charge in [-0.2, -0.15) is 0 Å². The van der Waals surface area contributed by atoms with Crippen LogP contribution in [-0.2, 0) is 0 Å². The van der Waals surface area contributed by atoms with E-state index >= 15 is 0 Å². The molecule has 0 aromatic heterocycles. The van der Waals surface area contributed by atoms with Crippen LogP contribution in [0.15, 0.2) is 18.2 Å². The van der Waals surface area contributed by atoms with Crippen LogP contribution >= 0.6 is 0 Å². The van der Waals surface area contributed by atoms with E-state index in [0.29, 0.717) is 18.0 Å². The van der Waals surface area contributed by atoms with Crippen LogP contribution in [0.4, 0.5) is 0 Å². The van der Waals surface area contributed by atoms with Gasteiger partial charge in [0.25, 0.3) is 5.91 Å². The molecule has 0 aliphatic rings. The normalized spacial score (nSPS) is 11.4. The number of hydrogen-bond acceptors (Lipinski definition) is 2. The van der Waals surface area contributed by atoms with E-state index in [-0.39, 0.29) is 5.91 Å². The van der Waals surface area contributed by atoms with Gasteiger partial charge in [-0.25, -0.2) is 0 Å². The Balaban J connectivity index is 2.93. The Bertz CT molecular complexity index is 526. The van der Waals surface area contributed by atoms with Crippen LogP contribution in [0.25, 0.3) is 0 Å². The molecule has 0 bridgehead atoms. The fourth-order valence-corrected chi connectivity index (χ4v) is 1.94. The zero-order chi connectivity index (χ0) is 15.1. The lowest BCUT2D eigenvalue weighted by atomic mass is 10.0. The lowest BCUT2D eigenvalue weighted by Crippen LogP contribution is -2.30. The highest BCUT2D eigenvalue weighted by molar-refractivity contribution is 5.94. The van der Waals surface area contributed by atoms with E-state index in [0.717, 1.165) is 24.1 Å². The largest absolute Gasteiger partial charge is 0.341 e. The predicted molar refractivity (Wildman–Crippen MR) is 83.5 cm³/mol. The van der Waals surface area contributed by atoms with Gasteiger partial charge >= 0.3 is 0 Å². The Labute approximate surface area is 122 Å². The second-order valence-corrected chi connectivity index (χ2v) is 5.23. The topological polar surface area (TPSA) is 46.3 Å². The molecule has 2 N–H and O–H groups in total. The monoisotopic (exact) mass is 272 g/mol. The number of carbonyl (C=O) groups is 1. The minimum atomic E-state index is 0.0427. The Hall–Kier alpha value is -1.79. The average Bonchev–Trinajstić information content (AvgIpc) is 2.45. The van der Waals surface area contributed by atoms with Gasteiger partial charge in [0.1, 0.15) is 0 Å². The Kier molecular flexibility index (Phi) is 6.27. The van der Waals surface area contributed by atoms with Crippen molar-refractivity contribution >= 4 is 5.91 Å². The molecule has 1 aromatic rings. The summed E-state index contributed by atoms with van der Waals surface area (Å²) in [5, 5.41) is 0. The molecule has 3 nitrogen and oxygen atoms in total. The van der Waals surface area contributed by atoms with Crippen molar-refractivity contribution < 1.29 is 4.79 Å². The molecule has 0 radical (unpaired) electrons. The molecule has 1 atom stereocenters. The fourth-order valence-electron chi connectivity index (χ4n) is 1.94. The molecule has 20 heavy (non-hydrogen) atoms. The first-order valence-corrected chi connectivity index (χ1v) is 7.04. The van der Waals surface area contributed by atoms with Gasteiger partial charge in [0.2, 0.25) is 0 Å². The number of amides is 1. The molecule has 108 valence electrons. The average molecular weight is 272 g/mol. The maximum absolute atomic E-state index is 12.4. The Morgan fingerprint density at radius 1 is 1.45 bits per heavy atom. The van der Waals surface area contributed by atoms with Crippen LogP contribution in [0.3, 0.4) is 0 Å². The summed E-state index contributed by atoms with van der Waals surface area (Å²) in [6, 6.07) is 5.65. The molecule has 1 rings (SSSR count). The number of nitrogens with zero attached hydrogens (tertiary/aromatic N) is 1. The first kappa shape index (κ1) is 16.3. The summed E-state index contributed by atoms with van der Waals surface area (Å²) in [5.74, 6) is 6.40. The van der Waals surface area contributed by atoms with Crippen LogP contribution in [0.1, 0.15) is 41.8 Å². The third kappa shape index (κ3) is 4.40. The second kappa shape index (κ2) is 7.72. The summed E-state index contributed by atoms with van der Waals surface area (Å²) < 4.78 is 0. The maximum Gasteiger partial charge on any atom is 0.253 e. The quantitative estimate of drug-likeness (QED) is 0.856. The highest BCUT2D eigenvalue weighted by atomic mass is 16.2. The van der Waals surface area contributed by atoms with Crippen LogP contribution < -0.4 is 5.73 Å². The van der Waals surface area contributed by atoms with Crippen molar-refractivity contribution in [2.45, 2.75) is 27.2 Å². The molecule has 0 spiro atoms. The van der Waals surface area contributed by atoms with Crippen LogP contribution in [0.2, 0.25) is 0 Å². The summed E-state index contributed by atoms with van der Waals surface area (Å²) in [6.45, 7) is 7.36. The first-order valence-electron chi connectivity index (χ1n) is 7.04. The zero-order valence-corrected chi connectivity index (χ0v) is 12.9. The number of benzene rings is 1. The van der Waals surface area contributed by atoms with Gasteiger partial charge in [0, 0.05) is 24.7 Å². The smallest absolute Gasteiger partial charge is 0.253 e. The molecule has 1 amide bonds. The van der Waals surface area contributed by atoms with Gasteiger partial charge in [0.05, 0.1) is 6.54 Å². The van der Waals surface area contributed by atoms with Gasteiger partial charge in [-0.3, -0.25) is 4.79 Å². The van der Waals surface area contributed by atoms with E-state index in [9.17, 15) is 4.79 Å². The van der Waals surface area contributed by atoms with E-state index in [2.05, 4.69) is 25.7 Å². The van der Waals surface area contributed by atoms with Gasteiger partial charge in [-0.1, -0.05) is 38.2 Å². The van der Waals surface area contributed by atoms with Crippen LogP contribution in [0.5, 0.6) is 0 Å².